The van der Waals surface area contributed by atoms with Gasteiger partial charge in [-0.2, -0.15) is 0 Å². The van der Waals surface area contributed by atoms with Crippen molar-refractivity contribution in [2.45, 2.75) is 51.6 Å². The molecule has 2 atom stereocenters. The van der Waals surface area contributed by atoms with Gasteiger partial charge in [-0.3, -0.25) is 0 Å². The van der Waals surface area contributed by atoms with Crippen molar-refractivity contribution in [3.05, 3.63) is 0 Å². The second-order valence-electron chi connectivity index (χ2n) is 5.36. The lowest BCUT2D eigenvalue weighted by molar-refractivity contribution is 0.0547. The van der Waals surface area contributed by atoms with Gasteiger partial charge in [0.15, 0.2) is 0 Å². The Morgan fingerprint density at radius 1 is 1.29 bits per heavy atom. The highest BCUT2D eigenvalue weighted by Crippen LogP contribution is 2.33. The molecule has 0 spiro atoms. The lowest BCUT2D eigenvalue weighted by Gasteiger charge is -2.47. The fourth-order valence-electron chi connectivity index (χ4n) is 3.43. The first kappa shape index (κ1) is 14.9. The highest BCUT2D eigenvalue weighted by molar-refractivity contribution is 5.00. The van der Waals surface area contributed by atoms with E-state index in [2.05, 4.69) is 45.1 Å². The third-order valence-electron chi connectivity index (χ3n) is 4.55. The summed E-state index contributed by atoms with van der Waals surface area (Å²) in [7, 11) is 4.43. The molecular weight excluding hydrogens is 212 g/mol. The third kappa shape index (κ3) is 3.01. The van der Waals surface area contributed by atoms with E-state index < -0.39 is 0 Å². The van der Waals surface area contributed by atoms with Crippen molar-refractivity contribution in [2.75, 3.05) is 33.9 Å². The van der Waals surface area contributed by atoms with Crippen LogP contribution in [-0.4, -0.2) is 50.3 Å². The van der Waals surface area contributed by atoms with E-state index in [0.29, 0.717) is 12.0 Å². The van der Waals surface area contributed by atoms with Crippen LogP contribution in [0.5, 0.6) is 0 Å². The van der Waals surface area contributed by atoms with Crippen molar-refractivity contribution in [3.8, 4) is 0 Å². The van der Waals surface area contributed by atoms with E-state index in [1.165, 1.54) is 19.3 Å². The summed E-state index contributed by atoms with van der Waals surface area (Å²) in [5, 5.41) is 3.73. The maximum atomic E-state index is 5.59. The molecule has 0 saturated carbocycles. The highest BCUT2D eigenvalue weighted by Gasteiger charge is 2.42. The maximum Gasteiger partial charge on any atom is 0.0510 e. The fraction of sp³-hybridized carbons (Fsp3) is 1.00. The van der Waals surface area contributed by atoms with E-state index >= 15 is 0 Å². The number of rotatable bonds is 7. The van der Waals surface area contributed by atoms with Crippen LogP contribution in [0.1, 0.15) is 40.0 Å². The Morgan fingerprint density at radius 3 is 2.29 bits per heavy atom. The number of likely N-dealkylation sites (N-methyl/N-ethyl adjacent to an activating group) is 2. The van der Waals surface area contributed by atoms with Crippen molar-refractivity contribution in [2.24, 2.45) is 5.92 Å². The molecule has 0 radical (unpaired) electrons. The zero-order chi connectivity index (χ0) is 12.9. The first-order chi connectivity index (χ1) is 8.12. The van der Waals surface area contributed by atoms with Gasteiger partial charge in [-0.05, 0) is 39.9 Å². The highest BCUT2D eigenvalue weighted by atomic mass is 16.5. The van der Waals surface area contributed by atoms with Crippen LogP contribution in [0, 0.1) is 5.92 Å². The van der Waals surface area contributed by atoms with Gasteiger partial charge in [0.05, 0.1) is 6.61 Å². The van der Waals surface area contributed by atoms with E-state index in [0.717, 1.165) is 19.8 Å². The van der Waals surface area contributed by atoms with Crippen LogP contribution in [0.2, 0.25) is 0 Å². The molecule has 102 valence electrons. The summed E-state index contributed by atoms with van der Waals surface area (Å²) in [5.41, 5.74) is 0.258. The van der Waals surface area contributed by atoms with Crippen molar-refractivity contribution >= 4 is 0 Å². The van der Waals surface area contributed by atoms with Gasteiger partial charge >= 0.3 is 0 Å². The predicted molar refractivity (Wildman–Crippen MR) is 73.4 cm³/mol. The topological polar surface area (TPSA) is 24.5 Å². The molecule has 1 saturated heterocycles. The molecule has 1 aliphatic heterocycles. The molecule has 1 rings (SSSR count). The van der Waals surface area contributed by atoms with Gasteiger partial charge in [0.25, 0.3) is 0 Å². The van der Waals surface area contributed by atoms with Gasteiger partial charge in [0.1, 0.15) is 0 Å². The van der Waals surface area contributed by atoms with E-state index in [1.807, 2.05) is 0 Å². The van der Waals surface area contributed by atoms with E-state index in [1.54, 1.807) is 0 Å². The second kappa shape index (κ2) is 6.72. The zero-order valence-electron chi connectivity index (χ0n) is 12.3. The van der Waals surface area contributed by atoms with Gasteiger partial charge in [0, 0.05) is 24.1 Å². The molecule has 3 heteroatoms. The molecule has 0 aromatic rings. The van der Waals surface area contributed by atoms with Gasteiger partial charge in [-0.1, -0.05) is 20.8 Å². The van der Waals surface area contributed by atoms with Crippen LogP contribution in [-0.2, 0) is 4.74 Å². The average molecular weight is 242 g/mol. The lowest BCUT2D eigenvalue weighted by atomic mass is 9.76. The summed E-state index contributed by atoms with van der Waals surface area (Å²) >= 11 is 0. The standard InChI is InChI=1S/C14H30N2O/c1-6-14(7-2,16(4)5)13(15-8-3)12-9-10-17-11-12/h12-13,15H,6-11H2,1-5H3. The normalized spacial score (nSPS) is 23.3. The molecular formula is C14H30N2O. The molecule has 0 aromatic heterocycles. The smallest absolute Gasteiger partial charge is 0.0510 e. The van der Waals surface area contributed by atoms with E-state index in [-0.39, 0.29) is 5.54 Å². The molecule has 1 aliphatic rings. The molecule has 3 nitrogen and oxygen atoms in total. The number of hydrogen-bond donors (Lipinski definition) is 1. The minimum Gasteiger partial charge on any atom is -0.381 e. The largest absolute Gasteiger partial charge is 0.381 e. The summed E-state index contributed by atoms with van der Waals surface area (Å²) in [4.78, 5) is 2.42. The Morgan fingerprint density at radius 2 is 1.94 bits per heavy atom. The summed E-state index contributed by atoms with van der Waals surface area (Å²) in [6.07, 6.45) is 3.57. The minimum atomic E-state index is 0.258. The first-order valence-electron chi connectivity index (χ1n) is 7.10. The summed E-state index contributed by atoms with van der Waals surface area (Å²) in [5.74, 6) is 0.664. The van der Waals surface area contributed by atoms with E-state index in [9.17, 15) is 0 Å². The van der Waals surface area contributed by atoms with Gasteiger partial charge in [-0.25, -0.2) is 0 Å². The predicted octanol–water partition coefficient (Wildman–Crippen LogP) is 2.12. The maximum absolute atomic E-state index is 5.59. The van der Waals surface area contributed by atoms with Crippen molar-refractivity contribution in [3.63, 3.8) is 0 Å². The molecule has 2 unspecified atom stereocenters. The third-order valence-corrected chi connectivity index (χ3v) is 4.55. The lowest BCUT2D eigenvalue weighted by Crippen LogP contribution is -2.61. The minimum absolute atomic E-state index is 0.258. The molecule has 0 bridgehead atoms. The van der Waals surface area contributed by atoms with Crippen LogP contribution >= 0.6 is 0 Å². The van der Waals surface area contributed by atoms with Crippen LogP contribution in [0.15, 0.2) is 0 Å². The Labute approximate surface area is 107 Å². The van der Waals surface area contributed by atoms with Crippen LogP contribution < -0.4 is 5.32 Å². The van der Waals surface area contributed by atoms with Gasteiger partial charge in [-0.15, -0.1) is 0 Å². The molecule has 1 fully saturated rings. The molecule has 17 heavy (non-hydrogen) atoms. The van der Waals surface area contributed by atoms with Crippen molar-refractivity contribution < 1.29 is 4.74 Å². The summed E-state index contributed by atoms with van der Waals surface area (Å²) in [6, 6.07) is 0.542. The van der Waals surface area contributed by atoms with Crippen molar-refractivity contribution in [1.82, 2.24) is 10.2 Å². The number of hydrogen-bond acceptors (Lipinski definition) is 3. The average Bonchev–Trinajstić information content (AvgIpc) is 2.82. The molecule has 1 heterocycles. The molecule has 0 aromatic carbocycles. The Kier molecular flexibility index (Phi) is 5.90. The molecule has 0 amide bonds. The Hall–Kier alpha value is -0.120. The monoisotopic (exact) mass is 242 g/mol. The quantitative estimate of drug-likeness (QED) is 0.740. The van der Waals surface area contributed by atoms with Crippen LogP contribution in [0.4, 0.5) is 0 Å². The number of ether oxygens (including phenoxy) is 1. The first-order valence-corrected chi connectivity index (χ1v) is 7.10. The van der Waals surface area contributed by atoms with E-state index in [4.69, 9.17) is 4.74 Å². The molecule has 0 aliphatic carbocycles. The number of nitrogens with one attached hydrogen (secondary N) is 1. The molecule has 1 N–H and O–H groups in total. The SMILES string of the molecule is CCNC(C1CCOC1)C(CC)(CC)N(C)C. The zero-order valence-corrected chi connectivity index (χ0v) is 12.3. The summed E-state index contributed by atoms with van der Waals surface area (Å²) in [6.45, 7) is 9.72. The van der Waals surface area contributed by atoms with Gasteiger partial charge in [0.2, 0.25) is 0 Å². The second-order valence-corrected chi connectivity index (χ2v) is 5.36. The summed E-state index contributed by atoms with van der Waals surface area (Å²) < 4.78 is 5.59. The Balaban J connectivity index is 2.90. The van der Waals surface area contributed by atoms with Crippen LogP contribution in [0.3, 0.4) is 0 Å². The van der Waals surface area contributed by atoms with Gasteiger partial charge < -0.3 is 15.0 Å². The van der Waals surface area contributed by atoms with Crippen LogP contribution in [0.25, 0.3) is 0 Å². The van der Waals surface area contributed by atoms with Crippen molar-refractivity contribution in [1.29, 1.82) is 0 Å². The Bertz CT molecular complexity index is 208. The fourth-order valence-corrected chi connectivity index (χ4v) is 3.43. The number of nitrogens with zero attached hydrogens (tertiary/aromatic N) is 1.